The monoisotopic (exact) mass is 363 g/mol. The number of nitrogens with zero attached hydrogens (tertiary/aromatic N) is 2. The fourth-order valence-electron chi connectivity index (χ4n) is 3.01. The number of benzene rings is 1. The van der Waals surface area contributed by atoms with E-state index < -0.39 is 0 Å². The summed E-state index contributed by atoms with van der Waals surface area (Å²) in [5, 5.41) is 3.42. The van der Waals surface area contributed by atoms with Crippen LogP contribution in [0.4, 0.5) is 0 Å². The molecule has 0 unspecified atom stereocenters. The van der Waals surface area contributed by atoms with Gasteiger partial charge in [0.15, 0.2) is 0 Å². The Bertz CT molecular complexity index is 1180. The molecule has 3 rings (SSSR count). The third-order valence-electron chi connectivity index (χ3n) is 4.33. The second-order valence-corrected chi connectivity index (χ2v) is 6.18. The summed E-state index contributed by atoms with van der Waals surface area (Å²) in [6.45, 7) is 9.47. The van der Waals surface area contributed by atoms with Crippen molar-refractivity contribution >= 4 is 10.9 Å². The molecule has 0 atom stereocenters. The summed E-state index contributed by atoms with van der Waals surface area (Å²) in [5.74, 6) is 1.21. The lowest BCUT2D eigenvalue weighted by atomic mass is 10.2. The molecule has 0 saturated heterocycles. The molecule has 27 heavy (non-hydrogen) atoms. The first-order valence-electron chi connectivity index (χ1n) is 8.45. The highest BCUT2D eigenvalue weighted by molar-refractivity contribution is 5.80. The Kier molecular flexibility index (Phi) is 4.98. The van der Waals surface area contributed by atoms with Crippen molar-refractivity contribution in [3.63, 3.8) is 0 Å². The molecule has 138 valence electrons. The highest BCUT2D eigenvalue weighted by atomic mass is 16.5. The van der Waals surface area contributed by atoms with Gasteiger partial charge in [-0.3, -0.25) is 19.4 Å². The maximum atomic E-state index is 12.5. The van der Waals surface area contributed by atoms with E-state index in [2.05, 4.69) is 18.3 Å². The lowest BCUT2D eigenvalue weighted by molar-refractivity contribution is 0.444. The summed E-state index contributed by atoms with van der Waals surface area (Å²) in [6.07, 6.45) is 4.93. The average molecular weight is 363 g/mol. The Morgan fingerprint density at radius 1 is 1.26 bits per heavy atom. The van der Waals surface area contributed by atoms with Crippen molar-refractivity contribution in [2.75, 3.05) is 0 Å². The molecule has 0 radical (unpaired) electrons. The standard InChI is InChI=1S/C21H21N3O3/c1-5-8-16(6-2)27-17-10-7-9-15(11-17)13-24-14(3)20-18(12-19(24)25)22-23(4)21(20)26/h5-12,22H,1-2,13H2,3-4H3/b16-8+. The van der Waals surface area contributed by atoms with Crippen molar-refractivity contribution in [1.82, 2.24) is 14.3 Å². The van der Waals surface area contributed by atoms with Gasteiger partial charge >= 0.3 is 0 Å². The van der Waals surface area contributed by atoms with Gasteiger partial charge in [-0.1, -0.05) is 31.4 Å². The van der Waals surface area contributed by atoms with E-state index in [1.54, 1.807) is 36.8 Å². The van der Waals surface area contributed by atoms with E-state index in [-0.39, 0.29) is 11.1 Å². The topological polar surface area (TPSA) is 69.0 Å². The number of rotatable bonds is 6. The van der Waals surface area contributed by atoms with Crippen LogP contribution in [-0.2, 0) is 13.6 Å². The van der Waals surface area contributed by atoms with Gasteiger partial charge in [0, 0.05) is 18.8 Å². The van der Waals surface area contributed by atoms with Gasteiger partial charge in [0.05, 0.1) is 17.4 Å². The highest BCUT2D eigenvalue weighted by Gasteiger charge is 2.13. The van der Waals surface area contributed by atoms with E-state index in [0.717, 1.165) is 5.56 Å². The quantitative estimate of drug-likeness (QED) is 0.541. The summed E-state index contributed by atoms with van der Waals surface area (Å²) >= 11 is 0. The van der Waals surface area contributed by atoms with Gasteiger partial charge in [-0.2, -0.15) is 0 Å². The zero-order valence-electron chi connectivity index (χ0n) is 15.4. The minimum atomic E-state index is -0.175. The lowest BCUT2D eigenvalue weighted by Gasteiger charge is -2.12. The second-order valence-electron chi connectivity index (χ2n) is 6.18. The molecule has 2 aromatic heterocycles. The number of H-pyrrole nitrogens is 1. The first-order valence-corrected chi connectivity index (χ1v) is 8.45. The molecule has 2 heterocycles. The van der Waals surface area contributed by atoms with Crippen LogP contribution in [0.25, 0.3) is 10.9 Å². The van der Waals surface area contributed by atoms with Gasteiger partial charge < -0.3 is 9.30 Å². The Balaban J connectivity index is 2.00. The predicted octanol–water partition coefficient (Wildman–Crippen LogP) is 3.02. The second kappa shape index (κ2) is 7.37. The molecule has 0 aliphatic rings. The minimum absolute atomic E-state index is 0.154. The highest BCUT2D eigenvalue weighted by Crippen LogP contribution is 2.18. The molecule has 0 saturated carbocycles. The van der Waals surface area contributed by atoms with Crippen LogP contribution in [0.5, 0.6) is 5.75 Å². The number of aromatic nitrogens is 3. The van der Waals surface area contributed by atoms with Crippen LogP contribution in [0.2, 0.25) is 0 Å². The molecule has 0 fully saturated rings. The lowest BCUT2D eigenvalue weighted by Crippen LogP contribution is -2.23. The largest absolute Gasteiger partial charge is 0.457 e. The maximum absolute atomic E-state index is 12.5. The first-order chi connectivity index (χ1) is 12.9. The third-order valence-corrected chi connectivity index (χ3v) is 4.33. The Morgan fingerprint density at radius 3 is 2.74 bits per heavy atom. The van der Waals surface area contributed by atoms with Gasteiger partial charge in [-0.05, 0) is 36.8 Å². The summed E-state index contributed by atoms with van der Waals surface area (Å²) in [6, 6.07) is 8.89. The fourth-order valence-corrected chi connectivity index (χ4v) is 3.01. The third kappa shape index (κ3) is 3.55. The number of aryl methyl sites for hydroxylation is 2. The van der Waals surface area contributed by atoms with Crippen LogP contribution < -0.4 is 15.9 Å². The normalized spacial score (nSPS) is 11.6. The number of nitrogens with one attached hydrogen (secondary N) is 1. The van der Waals surface area contributed by atoms with Crippen molar-refractivity contribution in [3.8, 4) is 5.75 Å². The fraction of sp³-hybridized carbons (Fsp3) is 0.143. The van der Waals surface area contributed by atoms with Gasteiger partial charge in [0.2, 0.25) is 0 Å². The number of hydrogen-bond acceptors (Lipinski definition) is 3. The molecule has 6 nitrogen and oxygen atoms in total. The smallest absolute Gasteiger partial charge is 0.275 e. The van der Waals surface area contributed by atoms with Crippen molar-refractivity contribution in [2.45, 2.75) is 13.5 Å². The number of ether oxygens (including phenoxy) is 1. The summed E-state index contributed by atoms with van der Waals surface area (Å²) < 4.78 is 8.72. The molecule has 0 aliphatic heterocycles. The minimum Gasteiger partial charge on any atom is -0.457 e. The molecule has 6 heteroatoms. The van der Waals surface area contributed by atoms with Crippen LogP contribution in [-0.4, -0.2) is 14.3 Å². The van der Waals surface area contributed by atoms with Gasteiger partial charge in [0.25, 0.3) is 11.1 Å². The summed E-state index contributed by atoms with van der Waals surface area (Å²) in [5.41, 5.74) is 1.73. The molecular weight excluding hydrogens is 342 g/mol. The number of fused-ring (bicyclic) bond motifs is 1. The molecule has 1 aromatic carbocycles. The average Bonchev–Trinajstić information content (AvgIpc) is 2.92. The van der Waals surface area contributed by atoms with Crippen molar-refractivity contribution < 1.29 is 4.74 Å². The van der Waals surface area contributed by atoms with E-state index >= 15 is 0 Å². The van der Waals surface area contributed by atoms with Crippen molar-refractivity contribution in [1.29, 1.82) is 0 Å². The summed E-state index contributed by atoms with van der Waals surface area (Å²) in [7, 11) is 1.63. The van der Waals surface area contributed by atoms with Gasteiger partial charge in [-0.15, -0.1) is 0 Å². The number of aromatic amines is 1. The zero-order chi connectivity index (χ0) is 19.6. The molecule has 0 bridgehead atoms. The van der Waals surface area contributed by atoms with Crippen molar-refractivity contribution in [2.24, 2.45) is 7.05 Å². The number of allylic oxidation sites excluding steroid dienone is 3. The van der Waals surface area contributed by atoms with Crippen LogP contribution in [0.1, 0.15) is 11.3 Å². The molecule has 1 N–H and O–H groups in total. The van der Waals surface area contributed by atoms with Crippen molar-refractivity contribution in [3.05, 3.63) is 99.4 Å². The predicted molar refractivity (Wildman–Crippen MR) is 107 cm³/mol. The zero-order valence-corrected chi connectivity index (χ0v) is 15.4. The van der Waals surface area contributed by atoms with Crippen LogP contribution in [0.3, 0.4) is 0 Å². The first kappa shape index (κ1) is 18.3. The molecular formula is C21H21N3O3. The van der Waals surface area contributed by atoms with E-state index in [1.165, 1.54) is 10.7 Å². The molecule has 0 amide bonds. The van der Waals surface area contributed by atoms with Crippen LogP contribution in [0, 0.1) is 6.92 Å². The molecule has 3 aromatic rings. The van der Waals surface area contributed by atoms with E-state index in [9.17, 15) is 9.59 Å². The van der Waals surface area contributed by atoms with E-state index in [0.29, 0.717) is 34.7 Å². The maximum Gasteiger partial charge on any atom is 0.275 e. The Morgan fingerprint density at radius 2 is 2.04 bits per heavy atom. The SMILES string of the molecule is C=C/C=C(\C=C)Oc1cccc(Cn2c(C)c3c(=O)n(C)[nH]c3cc2=O)c1. The number of hydrogen-bond donors (Lipinski definition) is 1. The summed E-state index contributed by atoms with van der Waals surface area (Å²) in [4.78, 5) is 24.8. The van der Waals surface area contributed by atoms with Gasteiger partial charge in [0.1, 0.15) is 11.5 Å². The number of pyridine rings is 1. The molecule has 0 spiro atoms. The van der Waals surface area contributed by atoms with Crippen LogP contribution in [0.15, 0.2) is 77.1 Å². The van der Waals surface area contributed by atoms with E-state index in [1.807, 2.05) is 24.3 Å². The molecule has 0 aliphatic carbocycles. The van der Waals surface area contributed by atoms with E-state index in [4.69, 9.17) is 4.74 Å². The Hall–Kier alpha value is -3.54. The van der Waals surface area contributed by atoms with Crippen LogP contribution >= 0.6 is 0 Å². The Labute approximate surface area is 156 Å². The van der Waals surface area contributed by atoms with Gasteiger partial charge in [-0.25, -0.2) is 0 Å².